The van der Waals surface area contributed by atoms with Gasteiger partial charge in [-0.05, 0) is 56.1 Å². The third kappa shape index (κ3) is 8.81. The van der Waals surface area contributed by atoms with Crippen molar-refractivity contribution in [3.05, 3.63) is 35.9 Å². The number of pyridine rings is 1. The lowest BCUT2D eigenvalue weighted by molar-refractivity contribution is -0.193. The van der Waals surface area contributed by atoms with Gasteiger partial charge in [0, 0.05) is 25.3 Å². The van der Waals surface area contributed by atoms with Crippen molar-refractivity contribution in [1.82, 2.24) is 19.6 Å². The molecule has 222 valence electrons. The molecular weight excluding hydrogens is 554 g/mol. The number of hydrogen-bond donors (Lipinski definition) is 4. The van der Waals surface area contributed by atoms with Crippen molar-refractivity contribution in [1.29, 1.82) is 0 Å². The van der Waals surface area contributed by atoms with Gasteiger partial charge in [0.1, 0.15) is 5.82 Å². The topological polar surface area (TPSA) is 144 Å². The fourth-order valence-corrected chi connectivity index (χ4v) is 4.29. The Bertz CT molecular complexity index is 1170. The van der Waals surface area contributed by atoms with Crippen molar-refractivity contribution >= 4 is 23.4 Å². The zero-order valence-corrected chi connectivity index (χ0v) is 21.0. The first-order valence-electron chi connectivity index (χ1n) is 12.4. The molecule has 1 saturated heterocycles. The number of carbonyl (C=O) groups is 3. The van der Waals surface area contributed by atoms with E-state index in [9.17, 15) is 36.2 Å². The molecule has 1 unspecified atom stereocenters. The summed E-state index contributed by atoms with van der Waals surface area (Å²) in [7, 11) is 0. The average Bonchev–Trinajstić information content (AvgIpc) is 3.79. The van der Waals surface area contributed by atoms with E-state index in [0.717, 1.165) is 24.3 Å². The highest BCUT2D eigenvalue weighted by Crippen LogP contribution is 2.44. The number of aliphatic hydroxyl groups excluding tert-OH is 1. The smallest absolute Gasteiger partial charge is 0.475 e. The third-order valence-corrected chi connectivity index (χ3v) is 6.49. The van der Waals surface area contributed by atoms with Crippen LogP contribution < -0.4 is 5.32 Å². The minimum Gasteiger partial charge on any atom is -0.475 e. The van der Waals surface area contributed by atoms with Gasteiger partial charge in [0.15, 0.2) is 5.69 Å². The fraction of sp³-hybridized carbons (Fsp3) is 0.583. The molecule has 16 heteroatoms. The van der Waals surface area contributed by atoms with Crippen molar-refractivity contribution in [2.75, 3.05) is 13.1 Å². The van der Waals surface area contributed by atoms with Gasteiger partial charge in [0.05, 0.1) is 18.2 Å². The number of imidazole rings is 1. The number of carbonyl (C=O) groups excluding carboxylic acids is 1. The van der Waals surface area contributed by atoms with Crippen LogP contribution in [0, 0.1) is 11.8 Å². The van der Waals surface area contributed by atoms with Crippen LogP contribution in [0.15, 0.2) is 24.4 Å². The number of fused-ring (bicyclic) bond motifs is 1. The molecule has 1 amide bonds. The van der Waals surface area contributed by atoms with Gasteiger partial charge in [-0.2, -0.15) is 26.3 Å². The number of carboxylic acid groups (broad SMARTS) is 2. The first-order valence-corrected chi connectivity index (χ1v) is 12.4. The number of alkyl halides is 6. The second kappa shape index (κ2) is 12.4. The summed E-state index contributed by atoms with van der Waals surface area (Å²) >= 11 is 0. The quantitative estimate of drug-likeness (QED) is 0.381. The third-order valence-electron chi connectivity index (χ3n) is 6.49. The number of carboxylic acids is 2. The van der Waals surface area contributed by atoms with Gasteiger partial charge in [0.25, 0.3) is 5.91 Å². The van der Waals surface area contributed by atoms with Crippen LogP contribution in [0.2, 0.25) is 0 Å². The van der Waals surface area contributed by atoms with E-state index in [1.54, 1.807) is 0 Å². The summed E-state index contributed by atoms with van der Waals surface area (Å²) in [4.78, 5) is 37.7. The van der Waals surface area contributed by atoms with E-state index < -0.39 is 24.3 Å². The number of aromatic nitrogens is 2. The van der Waals surface area contributed by atoms with Crippen LogP contribution in [0.5, 0.6) is 0 Å². The Morgan fingerprint density at radius 1 is 0.950 bits per heavy atom. The van der Waals surface area contributed by atoms with Crippen LogP contribution in [0.4, 0.5) is 26.3 Å². The minimum atomic E-state index is -5.08. The van der Waals surface area contributed by atoms with Crippen molar-refractivity contribution in [3.63, 3.8) is 0 Å². The molecule has 2 aromatic heterocycles. The Kier molecular flexibility index (Phi) is 9.66. The number of likely N-dealkylation sites (tertiary alicyclic amines) is 1. The number of hydrogen-bond acceptors (Lipinski definition) is 6. The first kappa shape index (κ1) is 31.1. The van der Waals surface area contributed by atoms with E-state index >= 15 is 0 Å². The highest BCUT2D eigenvalue weighted by molar-refractivity contribution is 5.99. The molecule has 0 bridgehead atoms. The predicted octanol–water partition coefficient (Wildman–Crippen LogP) is 3.09. The molecule has 3 aliphatic rings. The lowest BCUT2D eigenvalue weighted by Gasteiger charge is -2.16. The molecule has 4 N–H and O–H groups in total. The summed E-state index contributed by atoms with van der Waals surface area (Å²) < 4.78 is 65.5. The Hall–Kier alpha value is -3.40. The lowest BCUT2D eigenvalue weighted by atomic mass is 10.1. The standard InChI is InChI=1S/C20H26N4O2.2C2HF3O2/c25-15-8-10-23(11-15)12-17-21-19(16-3-1-2-9-24(16)17)20(26)22-18(13-4-5-13)14-6-7-14;2*3-2(4,5)1(6)7/h1-3,9,13-15,18,25H,4-8,10-12H2,(H,22,26);2*(H,6,7). The van der Waals surface area contributed by atoms with Crippen molar-refractivity contribution < 1.29 is 56.0 Å². The van der Waals surface area contributed by atoms with Crippen molar-refractivity contribution in [3.8, 4) is 0 Å². The minimum absolute atomic E-state index is 0.0368. The zero-order valence-electron chi connectivity index (χ0n) is 21.0. The van der Waals surface area contributed by atoms with Gasteiger partial charge in [0.2, 0.25) is 0 Å². The normalized spacial score (nSPS) is 19.4. The van der Waals surface area contributed by atoms with Crippen LogP contribution in [0.3, 0.4) is 0 Å². The summed E-state index contributed by atoms with van der Waals surface area (Å²) in [6.07, 6.45) is -2.66. The van der Waals surface area contributed by atoms with E-state index in [1.807, 2.05) is 28.8 Å². The van der Waals surface area contributed by atoms with Gasteiger partial charge in [-0.1, -0.05) is 6.07 Å². The molecule has 3 heterocycles. The second-order valence-electron chi connectivity index (χ2n) is 9.79. The molecular formula is C24H28F6N4O6. The Balaban J connectivity index is 0.000000263. The molecule has 10 nitrogen and oxygen atoms in total. The van der Waals surface area contributed by atoms with Crippen molar-refractivity contribution in [2.45, 2.75) is 63.1 Å². The Morgan fingerprint density at radius 2 is 1.48 bits per heavy atom. The maximum atomic E-state index is 13.0. The van der Waals surface area contributed by atoms with E-state index in [4.69, 9.17) is 24.8 Å². The predicted molar refractivity (Wildman–Crippen MR) is 125 cm³/mol. The molecule has 1 aliphatic heterocycles. The van der Waals surface area contributed by atoms with Crippen LogP contribution in [-0.4, -0.2) is 85.0 Å². The summed E-state index contributed by atoms with van der Waals surface area (Å²) in [5.41, 5.74) is 1.40. The van der Waals surface area contributed by atoms with Crippen LogP contribution >= 0.6 is 0 Å². The summed E-state index contributed by atoms with van der Waals surface area (Å²) in [6.45, 7) is 2.20. The molecule has 5 rings (SSSR count). The summed E-state index contributed by atoms with van der Waals surface area (Å²) in [5, 5.41) is 27.3. The summed E-state index contributed by atoms with van der Waals surface area (Å²) in [5.74, 6) is -3.34. The monoisotopic (exact) mass is 582 g/mol. The molecule has 40 heavy (non-hydrogen) atoms. The zero-order chi connectivity index (χ0) is 29.8. The number of amides is 1. The molecule has 2 saturated carbocycles. The average molecular weight is 582 g/mol. The number of aliphatic carboxylic acids is 2. The highest BCUT2D eigenvalue weighted by Gasteiger charge is 2.43. The highest BCUT2D eigenvalue weighted by atomic mass is 19.4. The van der Waals surface area contributed by atoms with E-state index in [2.05, 4.69) is 10.2 Å². The number of β-amino-alcohol motifs (C(OH)–C–C–N with tert-alkyl or cyclic N) is 1. The molecule has 1 atom stereocenters. The number of nitrogens with one attached hydrogen (secondary N) is 1. The number of rotatable bonds is 6. The van der Waals surface area contributed by atoms with E-state index in [0.29, 0.717) is 36.7 Å². The van der Waals surface area contributed by atoms with E-state index in [-0.39, 0.29) is 12.0 Å². The molecule has 0 radical (unpaired) electrons. The molecule has 3 fully saturated rings. The lowest BCUT2D eigenvalue weighted by Crippen LogP contribution is -2.38. The largest absolute Gasteiger partial charge is 0.490 e. The number of halogens is 6. The second-order valence-corrected chi connectivity index (χ2v) is 9.79. The molecule has 0 aromatic carbocycles. The summed E-state index contributed by atoms with van der Waals surface area (Å²) in [6, 6.07) is 6.22. The van der Waals surface area contributed by atoms with Crippen LogP contribution in [0.25, 0.3) is 5.52 Å². The van der Waals surface area contributed by atoms with Gasteiger partial charge >= 0.3 is 24.3 Å². The molecule has 2 aliphatic carbocycles. The maximum absolute atomic E-state index is 13.0. The van der Waals surface area contributed by atoms with Gasteiger partial charge in [-0.3, -0.25) is 9.69 Å². The Morgan fingerprint density at radius 3 is 1.90 bits per heavy atom. The number of aliphatic hydroxyl groups is 1. The van der Waals surface area contributed by atoms with Crippen LogP contribution in [-0.2, 0) is 16.1 Å². The van der Waals surface area contributed by atoms with E-state index in [1.165, 1.54) is 25.7 Å². The van der Waals surface area contributed by atoms with Gasteiger partial charge in [-0.25, -0.2) is 14.6 Å². The number of nitrogens with zero attached hydrogens (tertiary/aromatic N) is 3. The molecule has 2 aromatic rings. The first-order chi connectivity index (χ1) is 18.6. The van der Waals surface area contributed by atoms with Gasteiger partial charge in [-0.15, -0.1) is 0 Å². The SMILES string of the molecule is O=C(NC(C1CC1)C1CC1)c1nc(CN2CCC(O)C2)n2ccccc12.O=C(O)C(F)(F)F.O=C(O)C(F)(F)F. The van der Waals surface area contributed by atoms with Crippen LogP contribution in [0.1, 0.15) is 48.4 Å². The van der Waals surface area contributed by atoms with Crippen molar-refractivity contribution in [2.24, 2.45) is 11.8 Å². The Labute approximate surface area is 223 Å². The van der Waals surface area contributed by atoms with Gasteiger partial charge < -0.3 is 25.0 Å². The fourth-order valence-electron chi connectivity index (χ4n) is 4.29. The maximum Gasteiger partial charge on any atom is 0.490 e. The molecule has 0 spiro atoms.